The van der Waals surface area contributed by atoms with Gasteiger partial charge in [0, 0.05) is 39.8 Å². The minimum atomic E-state index is -1.05. The molecule has 2 N–H and O–H groups in total. The fraction of sp³-hybridized carbons (Fsp3) is 0.846. The number of urea groups is 1. The van der Waals surface area contributed by atoms with Gasteiger partial charge >= 0.3 is 12.0 Å². The summed E-state index contributed by atoms with van der Waals surface area (Å²) >= 11 is 0. The Balaban J connectivity index is 1.93. The highest BCUT2D eigenvalue weighted by Gasteiger charge is 2.41. The maximum Gasteiger partial charge on any atom is 0.326 e. The molecule has 2 aliphatic rings. The van der Waals surface area contributed by atoms with Crippen LogP contribution in [0.2, 0.25) is 0 Å². The lowest BCUT2D eigenvalue weighted by atomic mass is 9.98. The lowest BCUT2D eigenvalue weighted by molar-refractivity contribution is -0.141. The van der Waals surface area contributed by atoms with Crippen molar-refractivity contribution < 1.29 is 24.5 Å². The molecule has 0 bridgehead atoms. The number of rotatable bonds is 3. The van der Waals surface area contributed by atoms with Crippen LogP contribution in [0.3, 0.4) is 0 Å². The summed E-state index contributed by atoms with van der Waals surface area (Å²) in [6.07, 6.45) is 1.11. The van der Waals surface area contributed by atoms with Crippen LogP contribution in [0.5, 0.6) is 0 Å². The van der Waals surface area contributed by atoms with Gasteiger partial charge < -0.3 is 24.7 Å². The second-order valence-corrected chi connectivity index (χ2v) is 5.56. The highest BCUT2D eigenvalue weighted by Crippen LogP contribution is 2.23. The van der Waals surface area contributed by atoms with Crippen LogP contribution in [0.1, 0.15) is 19.3 Å². The van der Waals surface area contributed by atoms with Crippen LogP contribution in [0.4, 0.5) is 4.79 Å². The average Bonchev–Trinajstić information content (AvgIpc) is 2.81. The number of β-amino-alcohol motifs (C(OH)–C–C–N with tert-alkyl or cyclic N) is 1. The van der Waals surface area contributed by atoms with E-state index in [1.165, 1.54) is 4.90 Å². The number of likely N-dealkylation sites (tertiary alicyclic amines) is 2. The van der Waals surface area contributed by atoms with Gasteiger partial charge in [0.25, 0.3) is 0 Å². The zero-order chi connectivity index (χ0) is 14.7. The molecule has 0 unspecified atom stereocenters. The minimum Gasteiger partial charge on any atom is -0.480 e. The predicted octanol–water partition coefficient (Wildman–Crippen LogP) is -0.0154. The van der Waals surface area contributed by atoms with Gasteiger partial charge in [-0.05, 0) is 18.8 Å². The molecule has 0 saturated carbocycles. The number of amides is 2. The zero-order valence-electron chi connectivity index (χ0n) is 11.7. The van der Waals surface area contributed by atoms with Gasteiger partial charge in [-0.1, -0.05) is 0 Å². The SMILES string of the molecule is COCC1CCN(C(=O)N2C[C@H](O)C[C@@H]2C(=O)O)CC1. The number of carboxylic acid groups (broad SMARTS) is 1. The van der Waals surface area contributed by atoms with Gasteiger partial charge in [-0.2, -0.15) is 0 Å². The van der Waals surface area contributed by atoms with Gasteiger partial charge in [-0.3, -0.25) is 0 Å². The molecule has 0 spiro atoms. The lowest BCUT2D eigenvalue weighted by Crippen LogP contribution is -2.50. The van der Waals surface area contributed by atoms with E-state index in [0.717, 1.165) is 12.8 Å². The summed E-state index contributed by atoms with van der Waals surface area (Å²) in [6, 6.07) is -1.18. The molecule has 2 saturated heterocycles. The molecule has 0 aromatic rings. The smallest absolute Gasteiger partial charge is 0.326 e. The molecule has 7 heteroatoms. The molecule has 2 rings (SSSR count). The number of aliphatic carboxylic acids is 1. The van der Waals surface area contributed by atoms with Crippen molar-refractivity contribution in [3.05, 3.63) is 0 Å². The fourth-order valence-electron chi connectivity index (χ4n) is 2.97. The van der Waals surface area contributed by atoms with Gasteiger partial charge in [0.15, 0.2) is 0 Å². The quantitative estimate of drug-likeness (QED) is 0.761. The first-order chi connectivity index (χ1) is 9.52. The van der Waals surface area contributed by atoms with Crippen molar-refractivity contribution in [2.75, 3.05) is 33.4 Å². The van der Waals surface area contributed by atoms with Crippen LogP contribution in [0.25, 0.3) is 0 Å². The normalized spacial score (nSPS) is 27.9. The van der Waals surface area contributed by atoms with E-state index in [9.17, 15) is 14.7 Å². The Kier molecular flexibility index (Phi) is 4.82. The summed E-state index contributed by atoms with van der Waals surface area (Å²) in [5.74, 6) is -0.590. The van der Waals surface area contributed by atoms with E-state index in [-0.39, 0.29) is 19.0 Å². The molecular weight excluding hydrogens is 264 g/mol. The molecule has 0 aliphatic carbocycles. The first-order valence-corrected chi connectivity index (χ1v) is 6.98. The minimum absolute atomic E-state index is 0.105. The number of carbonyl (C=O) groups is 2. The highest BCUT2D eigenvalue weighted by molar-refractivity contribution is 5.83. The predicted molar refractivity (Wildman–Crippen MR) is 70.3 cm³/mol. The van der Waals surface area contributed by atoms with Crippen molar-refractivity contribution in [1.82, 2.24) is 9.80 Å². The van der Waals surface area contributed by atoms with Crippen molar-refractivity contribution in [2.45, 2.75) is 31.4 Å². The Bertz CT molecular complexity index is 368. The first kappa shape index (κ1) is 15.1. The molecule has 114 valence electrons. The summed E-state index contributed by atoms with van der Waals surface area (Å²) in [5.41, 5.74) is 0. The van der Waals surface area contributed by atoms with E-state index in [1.807, 2.05) is 0 Å². The number of hydrogen-bond acceptors (Lipinski definition) is 4. The summed E-state index contributed by atoms with van der Waals surface area (Å²) in [4.78, 5) is 26.5. The third kappa shape index (κ3) is 3.21. The van der Waals surface area contributed by atoms with Gasteiger partial charge in [-0.25, -0.2) is 9.59 Å². The molecule has 2 atom stereocenters. The monoisotopic (exact) mass is 286 g/mol. The highest BCUT2D eigenvalue weighted by atomic mass is 16.5. The second kappa shape index (κ2) is 6.41. The van der Waals surface area contributed by atoms with E-state index >= 15 is 0 Å². The Morgan fingerprint density at radius 2 is 1.95 bits per heavy atom. The largest absolute Gasteiger partial charge is 0.480 e. The Morgan fingerprint density at radius 3 is 2.50 bits per heavy atom. The van der Waals surface area contributed by atoms with Crippen LogP contribution in [-0.2, 0) is 9.53 Å². The molecule has 2 fully saturated rings. The maximum absolute atomic E-state index is 12.4. The summed E-state index contributed by atoms with van der Waals surface area (Å²) in [5, 5.41) is 18.7. The number of carbonyl (C=O) groups excluding carboxylic acids is 1. The molecule has 0 aromatic heterocycles. The van der Waals surface area contributed by atoms with Gasteiger partial charge in [0.05, 0.1) is 6.10 Å². The molecule has 7 nitrogen and oxygen atoms in total. The number of hydrogen-bond donors (Lipinski definition) is 2. The number of carboxylic acids is 1. The number of nitrogens with zero attached hydrogens (tertiary/aromatic N) is 2. The molecule has 2 heterocycles. The van der Waals surface area contributed by atoms with E-state index < -0.39 is 18.1 Å². The summed E-state index contributed by atoms with van der Waals surface area (Å²) in [7, 11) is 1.67. The number of ether oxygens (including phenoxy) is 1. The lowest BCUT2D eigenvalue weighted by Gasteiger charge is -2.35. The van der Waals surface area contributed by atoms with Crippen LogP contribution < -0.4 is 0 Å². The molecule has 0 radical (unpaired) electrons. The first-order valence-electron chi connectivity index (χ1n) is 6.98. The summed E-state index contributed by atoms with van der Waals surface area (Å²) < 4.78 is 5.11. The fourth-order valence-corrected chi connectivity index (χ4v) is 2.97. The Labute approximate surface area is 118 Å². The zero-order valence-corrected chi connectivity index (χ0v) is 11.7. The van der Waals surface area contributed by atoms with Crippen molar-refractivity contribution in [3.63, 3.8) is 0 Å². The molecule has 0 aromatic carbocycles. The van der Waals surface area contributed by atoms with Gasteiger partial charge in [-0.15, -0.1) is 0 Å². The van der Waals surface area contributed by atoms with Crippen LogP contribution in [0.15, 0.2) is 0 Å². The van der Waals surface area contributed by atoms with Crippen molar-refractivity contribution >= 4 is 12.0 Å². The number of aliphatic hydroxyl groups excluding tert-OH is 1. The van der Waals surface area contributed by atoms with E-state index in [4.69, 9.17) is 9.84 Å². The van der Waals surface area contributed by atoms with Gasteiger partial charge in [0.1, 0.15) is 6.04 Å². The van der Waals surface area contributed by atoms with E-state index in [0.29, 0.717) is 25.6 Å². The number of aliphatic hydroxyl groups is 1. The number of methoxy groups -OCH3 is 1. The van der Waals surface area contributed by atoms with Crippen LogP contribution in [-0.4, -0.2) is 77.5 Å². The standard InChI is InChI=1S/C13H22N2O5/c1-20-8-9-2-4-14(5-3-9)13(19)15-7-10(16)6-11(15)12(17)18/h9-11,16H,2-8H2,1H3,(H,17,18)/t10-,11-/m1/s1. The molecule has 2 amide bonds. The third-order valence-corrected chi connectivity index (χ3v) is 4.10. The van der Waals surface area contributed by atoms with E-state index in [2.05, 4.69) is 0 Å². The van der Waals surface area contributed by atoms with Crippen LogP contribution in [0, 0.1) is 5.92 Å². The average molecular weight is 286 g/mol. The van der Waals surface area contributed by atoms with Crippen molar-refractivity contribution in [2.24, 2.45) is 5.92 Å². The maximum atomic E-state index is 12.4. The van der Waals surface area contributed by atoms with E-state index in [1.54, 1.807) is 12.0 Å². The number of piperidine rings is 1. The Morgan fingerprint density at radius 1 is 1.30 bits per heavy atom. The molecular formula is C13H22N2O5. The van der Waals surface area contributed by atoms with Crippen molar-refractivity contribution in [1.29, 1.82) is 0 Å². The van der Waals surface area contributed by atoms with Crippen LogP contribution >= 0.6 is 0 Å². The van der Waals surface area contributed by atoms with Gasteiger partial charge in [0.2, 0.25) is 0 Å². The second-order valence-electron chi connectivity index (χ2n) is 5.56. The molecule has 2 aliphatic heterocycles. The molecule has 20 heavy (non-hydrogen) atoms. The Hall–Kier alpha value is -1.34. The topological polar surface area (TPSA) is 90.3 Å². The van der Waals surface area contributed by atoms with Crippen molar-refractivity contribution in [3.8, 4) is 0 Å². The third-order valence-electron chi connectivity index (χ3n) is 4.10. The summed E-state index contributed by atoms with van der Waals surface area (Å²) in [6.45, 7) is 2.04.